The van der Waals surface area contributed by atoms with Gasteiger partial charge in [-0.05, 0) is 31.5 Å². The van der Waals surface area contributed by atoms with E-state index in [0.717, 1.165) is 10.6 Å². The minimum absolute atomic E-state index is 0.0252. The van der Waals surface area contributed by atoms with Crippen molar-refractivity contribution in [2.45, 2.75) is 32.2 Å². The number of aliphatic carboxylic acids is 1. The Balaban J connectivity index is 1.96. The summed E-state index contributed by atoms with van der Waals surface area (Å²) in [6.07, 6.45) is 0.556. The summed E-state index contributed by atoms with van der Waals surface area (Å²) in [7, 11) is 0. The van der Waals surface area contributed by atoms with Gasteiger partial charge in [0.05, 0.1) is 17.1 Å². The van der Waals surface area contributed by atoms with Gasteiger partial charge in [0, 0.05) is 28.4 Å². The summed E-state index contributed by atoms with van der Waals surface area (Å²) in [4.78, 5) is 26.9. The fraction of sp³-hybridized carbons (Fsp3) is 0.312. The van der Waals surface area contributed by atoms with E-state index in [0.29, 0.717) is 22.2 Å². The second-order valence-electron chi connectivity index (χ2n) is 5.35. The Morgan fingerprint density at radius 1 is 1.38 bits per heavy atom. The van der Waals surface area contributed by atoms with Crippen molar-refractivity contribution in [1.82, 2.24) is 10.3 Å². The zero-order valence-corrected chi connectivity index (χ0v) is 15.2. The van der Waals surface area contributed by atoms with Crippen LogP contribution in [0.25, 0.3) is 10.6 Å². The second-order valence-corrected chi connectivity index (χ2v) is 7.05. The number of halogens is 2. The van der Waals surface area contributed by atoms with Crippen LogP contribution in [0, 0.1) is 0 Å². The van der Waals surface area contributed by atoms with Crippen molar-refractivity contribution in [2.24, 2.45) is 0 Å². The predicted octanol–water partition coefficient (Wildman–Crippen LogP) is 4.03. The molecule has 2 N–H and O–H groups in total. The van der Waals surface area contributed by atoms with Crippen molar-refractivity contribution < 1.29 is 14.7 Å². The highest BCUT2D eigenvalue weighted by molar-refractivity contribution is 7.13. The van der Waals surface area contributed by atoms with Crippen molar-refractivity contribution in [3.05, 3.63) is 39.3 Å². The number of carbonyl (C=O) groups is 2. The van der Waals surface area contributed by atoms with Crippen molar-refractivity contribution in [2.75, 3.05) is 0 Å². The van der Waals surface area contributed by atoms with Crippen molar-refractivity contribution in [3.63, 3.8) is 0 Å². The summed E-state index contributed by atoms with van der Waals surface area (Å²) in [6, 6.07) is 4.98. The topological polar surface area (TPSA) is 79.3 Å². The first-order chi connectivity index (χ1) is 11.3. The zero-order valence-electron chi connectivity index (χ0n) is 12.9. The van der Waals surface area contributed by atoms with Crippen LogP contribution in [0.5, 0.6) is 0 Å². The minimum Gasteiger partial charge on any atom is -0.481 e. The number of aromatic nitrogens is 1. The number of rotatable bonds is 7. The van der Waals surface area contributed by atoms with Gasteiger partial charge in [0.2, 0.25) is 5.91 Å². The third-order valence-corrected chi connectivity index (χ3v) is 4.73. The van der Waals surface area contributed by atoms with Gasteiger partial charge in [0.25, 0.3) is 0 Å². The first-order valence-electron chi connectivity index (χ1n) is 7.26. The van der Waals surface area contributed by atoms with Gasteiger partial charge in [-0.15, -0.1) is 11.3 Å². The lowest BCUT2D eigenvalue weighted by molar-refractivity contribution is -0.137. The highest BCUT2D eigenvalue weighted by atomic mass is 35.5. The van der Waals surface area contributed by atoms with Crippen molar-refractivity contribution in [3.8, 4) is 10.6 Å². The average Bonchev–Trinajstić information content (AvgIpc) is 2.93. The maximum absolute atomic E-state index is 12.0. The second kappa shape index (κ2) is 8.46. The molecule has 0 aliphatic carbocycles. The lowest BCUT2D eigenvalue weighted by atomic mass is 10.2. The first-order valence-corrected chi connectivity index (χ1v) is 8.89. The van der Waals surface area contributed by atoms with Crippen LogP contribution in [0.15, 0.2) is 23.6 Å². The van der Waals surface area contributed by atoms with Gasteiger partial charge >= 0.3 is 5.97 Å². The average molecular weight is 387 g/mol. The van der Waals surface area contributed by atoms with E-state index < -0.39 is 5.97 Å². The molecule has 0 saturated carbocycles. The molecule has 1 amide bonds. The molecule has 1 aromatic heterocycles. The summed E-state index contributed by atoms with van der Waals surface area (Å²) in [5.74, 6) is -1.06. The molecule has 1 heterocycles. The molecule has 128 valence electrons. The molecule has 1 atom stereocenters. The number of benzene rings is 1. The molecule has 8 heteroatoms. The predicted molar refractivity (Wildman–Crippen MR) is 95.7 cm³/mol. The number of hydrogen-bond donors (Lipinski definition) is 2. The Morgan fingerprint density at radius 2 is 2.12 bits per heavy atom. The standard InChI is InChI=1S/C16H16Cl2N2O3S/c1-9(2-5-15(22)23)19-14(21)7-11-8-24-16(20-11)12-4-3-10(17)6-13(12)18/h3-4,6,8-9H,2,5,7H2,1H3,(H,19,21)(H,22,23). The number of amides is 1. The molecule has 1 aromatic carbocycles. The molecule has 0 aliphatic rings. The number of hydrogen-bond acceptors (Lipinski definition) is 4. The van der Waals surface area contributed by atoms with Crippen LogP contribution in [0.2, 0.25) is 10.0 Å². The molecule has 2 rings (SSSR count). The SMILES string of the molecule is CC(CCC(=O)O)NC(=O)Cc1csc(-c2ccc(Cl)cc2Cl)n1. The Bertz CT molecular complexity index is 749. The summed E-state index contributed by atoms with van der Waals surface area (Å²) >= 11 is 13.4. The van der Waals surface area contributed by atoms with E-state index in [1.807, 2.05) is 5.38 Å². The van der Waals surface area contributed by atoms with Crippen LogP contribution >= 0.6 is 34.5 Å². The van der Waals surface area contributed by atoms with Crippen molar-refractivity contribution >= 4 is 46.4 Å². The minimum atomic E-state index is -0.875. The Morgan fingerprint density at radius 3 is 2.79 bits per heavy atom. The van der Waals surface area contributed by atoms with Crippen LogP contribution in [0.4, 0.5) is 0 Å². The number of nitrogens with one attached hydrogen (secondary N) is 1. The van der Waals surface area contributed by atoms with Crippen LogP contribution in [0.3, 0.4) is 0 Å². The molecule has 1 unspecified atom stereocenters. The van der Waals surface area contributed by atoms with Gasteiger partial charge in [-0.2, -0.15) is 0 Å². The summed E-state index contributed by atoms with van der Waals surface area (Å²) < 4.78 is 0. The molecule has 0 spiro atoms. The summed E-state index contributed by atoms with van der Waals surface area (Å²) in [5.41, 5.74) is 1.41. The third-order valence-electron chi connectivity index (χ3n) is 3.25. The van der Waals surface area contributed by atoms with Gasteiger partial charge in [0.1, 0.15) is 5.01 Å². The number of nitrogens with zero attached hydrogens (tertiary/aromatic N) is 1. The molecule has 0 fully saturated rings. The molecule has 2 aromatic rings. The van der Waals surface area contributed by atoms with Gasteiger partial charge in [0.15, 0.2) is 0 Å². The normalized spacial score (nSPS) is 12.0. The smallest absolute Gasteiger partial charge is 0.303 e. The van der Waals surface area contributed by atoms with Crippen molar-refractivity contribution in [1.29, 1.82) is 0 Å². The molecular weight excluding hydrogens is 371 g/mol. The van der Waals surface area contributed by atoms with Crippen LogP contribution in [0.1, 0.15) is 25.5 Å². The van der Waals surface area contributed by atoms with E-state index in [1.54, 1.807) is 25.1 Å². The van der Waals surface area contributed by atoms with Crippen LogP contribution in [-0.4, -0.2) is 28.0 Å². The van der Waals surface area contributed by atoms with Gasteiger partial charge in [-0.3, -0.25) is 9.59 Å². The molecule has 0 radical (unpaired) electrons. The highest BCUT2D eigenvalue weighted by Gasteiger charge is 2.13. The fourth-order valence-electron chi connectivity index (χ4n) is 2.08. The maximum Gasteiger partial charge on any atom is 0.303 e. The van der Waals surface area contributed by atoms with Gasteiger partial charge in [-0.1, -0.05) is 23.2 Å². The third kappa shape index (κ3) is 5.47. The summed E-state index contributed by atoms with van der Waals surface area (Å²) in [6.45, 7) is 1.78. The Hall–Kier alpha value is -1.63. The van der Waals surface area contributed by atoms with Gasteiger partial charge < -0.3 is 10.4 Å². The zero-order chi connectivity index (χ0) is 17.7. The fourth-order valence-corrected chi connectivity index (χ4v) is 3.49. The van der Waals surface area contributed by atoms with Gasteiger partial charge in [-0.25, -0.2) is 4.98 Å². The van der Waals surface area contributed by atoms with Crippen LogP contribution in [-0.2, 0) is 16.0 Å². The number of carboxylic acids is 1. The number of carbonyl (C=O) groups excluding carboxylic acids is 1. The number of thiazole rings is 1. The molecule has 0 saturated heterocycles. The van der Waals surface area contributed by atoms with E-state index >= 15 is 0 Å². The monoisotopic (exact) mass is 386 g/mol. The lowest BCUT2D eigenvalue weighted by Crippen LogP contribution is -2.34. The lowest BCUT2D eigenvalue weighted by Gasteiger charge is -2.11. The Kier molecular flexibility index (Phi) is 6.60. The quantitative estimate of drug-likeness (QED) is 0.752. The largest absolute Gasteiger partial charge is 0.481 e. The van der Waals surface area contributed by atoms with Crippen LogP contribution < -0.4 is 5.32 Å². The first kappa shape index (κ1) is 18.7. The maximum atomic E-state index is 12.0. The molecule has 0 aliphatic heterocycles. The molecular formula is C16H16Cl2N2O3S. The number of carboxylic acid groups (broad SMARTS) is 1. The van der Waals surface area contributed by atoms with E-state index in [2.05, 4.69) is 10.3 Å². The van der Waals surface area contributed by atoms with E-state index in [4.69, 9.17) is 28.3 Å². The van der Waals surface area contributed by atoms with E-state index in [9.17, 15) is 9.59 Å². The molecule has 24 heavy (non-hydrogen) atoms. The van der Waals surface area contributed by atoms with E-state index in [-0.39, 0.29) is 24.8 Å². The highest BCUT2D eigenvalue weighted by Crippen LogP contribution is 2.32. The van der Waals surface area contributed by atoms with E-state index in [1.165, 1.54) is 11.3 Å². The molecule has 0 bridgehead atoms. The molecule has 5 nitrogen and oxygen atoms in total. The summed E-state index contributed by atoms with van der Waals surface area (Å²) in [5, 5.41) is 15.0. The Labute approximate surface area is 153 Å².